The van der Waals surface area contributed by atoms with Crippen molar-refractivity contribution >= 4 is 5.69 Å². The maximum atomic E-state index is 9.16. The summed E-state index contributed by atoms with van der Waals surface area (Å²) < 4.78 is 0. The molecule has 1 aromatic carbocycles. The summed E-state index contributed by atoms with van der Waals surface area (Å²) in [7, 11) is 0. The zero-order valence-electron chi connectivity index (χ0n) is 11.9. The normalized spacial score (nSPS) is 17.7. The van der Waals surface area contributed by atoms with Crippen LogP contribution in [0.1, 0.15) is 37.3 Å². The first-order chi connectivity index (χ1) is 9.20. The lowest BCUT2D eigenvalue weighted by atomic mass is 10.1. The highest BCUT2D eigenvalue weighted by molar-refractivity contribution is 5.58. The highest BCUT2D eigenvalue weighted by Gasteiger charge is 2.16. The first-order valence-electron chi connectivity index (χ1n) is 7.19. The predicted octanol–water partition coefficient (Wildman–Crippen LogP) is 3.15. The number of nitrogens with one attached hydrogen (secondary N) is 1. The third-order valence-electron chi connectivity index (χ3n) is 3.90. The molecule has 1 aromatic rings. The van der Waals surface area contributed by atoms with E-state index in [1.165, 1.54) is 32.4 Å². The molecule has 1 saturated heterocycles. The zero-order valence-corrected chi connectivity index (χ0v) is 11.9. The molecule has 1 fully saturated rings. The van der Waals surface area contributed by atoms with Crippen LogP contribution in [0.2, 0.25) is 0 Å². The first-order valence-corrected chi connectivity index (χ1v) is 7.19. The smallest absolute Gasteiger partial charge is 0.101 e. The van der Waals surface area contributed by atoms with Crippen LogP contribution >= 0.6 is 0 Å². The Kier molecular flexibility index (Phi) is 4.81. The molecule has 0 aromatic heterocycles. The summed E-state index contributed by atoms with van der Waals surface area (Å²) in [6, 6.07) is 8.78. The Hall–Kier alpha value is -1.53. The molecule has 0 bridgehead atoms. The van der Waals surface area contributed by atoms with Gasteiger partial charge < -0.3 is 5.32 Å². The zero-order chi connectivity index (χ0) is 13.7. The lowest BCUT2D eigenvalue weighted by Gasteiger charge is -2.32. The van der Waals surface area contributed by atoms with Crippen LogP contribution in [-0.4, -0.2) is 30.6 Å². The van der Waals surface area contributed by atoms with Gasteiger partial charge in [-0.15, -0.1) is 0 Å². The van der Waals surface area contributed by atoms with E-state index in [1.807, 2.05) is 19.1 Å². The molecule has 0 aliphatic carbocycles. The number of anilines is 1. The van der Waals surface area contributed by atoms with Gasteiger partial charge in [-0.1, -0.05) is 12.5 Å². The maximum absolute atomic E-state index is 9.16. The van der Waals surface area contributed by atoms with Crippen LogP contribution in [0.5, 0.6) is 0 Å². The van der Waals surface area contributed by atoms with Crippen molar-refractivity contribution in [3.8, 4) is 6.07 Å². The second-order valence-electron chi connectivity index (χ2n) is 5.49. The average Bonchev–Trinajstić information content (AvgIpc) is 2.46. The van der Waals surface area contributed by atoms with Crippen LogP contribution in [0.4, 0.5) is 5.69 Å². The molecule has 1 aliphatic heterocycles. The molecule has 3 heteroatoms. The summed E-state index contributed by atoms with van der Waals surface area (Å²) in [5.41, 5.74) is 2.83. The van der Waals surface area contributed by atoms with Gasteiger partial charge in [-0.25, -0.2) is 0 Å². The van der Waals surface area contributed by atoms with E-state index in [1.54, 1.807) is 0 Å². The molecule has 0 amide bonds. The fourth-order valence-electron chi connectivity index (χ4n) is 2.65. The summed E-state index contributed by atoms with van der Waals surface area (Å²) in [5, 5.41) is 12.6. The van der Waals surface area contributed by atoms with Gasteiger partial charge in [-0.05, 0) is 57.5 Å². The molecular weight excluding hydrogens is 234 g/mol. The molecule has 1 unspecified atom stereocenters. The number of hydrogen-bond acceptors (Lipinski definition) is 3. The molecule has 1 heterocycles. The molecule has 0 spiro atoms. The van der Waals surface area contributed by atoms with Crippen LogP contribution < -0.4 is 5.32 Å². The number of rotatable bonds is 4. The Bertz CT molecular complexity index is 456. The summed E-state index contributed by atoms with van der Waals surface area (Å²) >= 11 is 0. The largest absolute Gasteiger partial charge is 0.382 e. The Labute approximate surface area is 116 Å². The number of benzene rings is 1. The molecule has 1 N–H and O–H groups in total. The lowest BCUT2D eigenvalue weighted by molar-refractivity contribution is 0.180. The quantitative estimate of drug-likeness (QED) is 0.900. The van der Waals surface area contributed by atoms with Crippen molar-refractivity contribution < 1.29 is 0 Å². The van der Waals surface area contributed by atoms with E-state index < -0.39 is 0 Å². The molecule has 19 heavy (non-hydrogen) atoms. The van der Waals surface area contributed by atoms with Gasteiger partial charge in [0.2, 0.25) is 0 Å². The summed E-state index contributed by atoms with van der Waals surface area (Å²) in [5.74, 6) is 0. The van der Waals surface area contributed by atoms with Crippen LogP contribution in [0.25, 0.3) is 0 Å². The molecule has 0 saturated carbocycles. The highest BCUT2D eigenvalue weighted by atomic mass is 15.2. The van der Waals surface area contributed by atoms with E-state index in [0.717, 1.165) is 23.4 Å². The van der Waals surface area contributed by atoms with Gasteiger partial charge in [0, 0.05) is 12.6 Å². The van der Waals surface area contributed by atoms with Gasteiger partial charge in [-0.2, -0.15) is 5.26 Å². The first kappa shape index (κ1) is 13.9. The summed E-state index contributed by atoms with van der Waals surface area (Å²) in [4.78, 5) is 2.54. The molecule has 1 aliphatic rings. The van der Waals surface area contributed by atoms with E-state index in [4.69, 9.17) is 5.26 Å². The Morgan fingerprint density at radius 3 is 2.74 bits per heavy atom. The van der Waals surface area contributed by atoms with Gasteiger partial charge in [0.25, 0.3) is 0 Å². The number of nitrogens with zero attached hydrogens (tertiary/aromatic N) is 2. The summed E-state index contributed by atoms with van der Waals surface area (Å²) in [6.45, 7) is 7.60. The van der Waals surface area contributed by atoms with Gasteiger partial charge in [0.05, 0.1) is 11.3 Å². The van der Waals surface area contributed by atoms with Crippen LogP contribution in [0.3, 0.4) is 0 Å². The number of hydrogen-bond donors (Lipinski definition) is 1. The SMILES string of the molecule is Cc1ccc(NCC(C)N2CCCCC2)c(C#N)c1. The topological polar surface area (TPSA) is 39.1 Å². The van der Waals surface area contributed by atoms with Gasteiger partial charge in [-0.3, -0.25) is 4.90 Å². The minimum atomic E-state index is 0.521. The van der Waals surface area contributed by atoms with Gasteiger partial charge in [0.15, 0.2) is 0 Å². The number of likely N-dealkylation sites (tertiary alicyclic amines) is 1. The second kappa shape index (κ2) is 6.58. The number of nitriles is 1. The van der Waals surface area contributed by atoms with E-state index in [2.05, 4.69) is 29.3 Å². The van der Waals surface area contributed by atoms with Crippen molar-refractivity contribution in [2.75, 3.05) is 25.0 Å². The Morgan fingerprint density at radius 1 is 1.32 bits per heavy atom. The van der Waals surface area contributed by atoms with Crippen molar-refractivity contribution in [2.24, 2.45) is 0 Å². The Balaban J connectivity index is 1.93. The van der Waals surface area contributed by atoms with Crippen LogP contribution in [0, 0.1) is 18.3 Å². The third kappa shape index (κ3) is 3.71. The van der Waals surface area contributed by atoms with E-state index in [0.29, 0.717) is 6.04 Å². The van der Waals surface area contributed by atoms with Crippen molar-refractivity contribution in [1.82, 2.24) is 4.90 Å². The summed E-state index contributed by atoms with van der Waals surface area (Å²) in [6.07, 6.45) is 4.00. The number of aryl methyl sites for hydroxylation is 1. The maximum Gasteiger partial charge on any atom is 0.101 e. The molecule has 2 rings (SSSR count). The fourth-order valence-corrected chi connectivity index (χ4v) is 2.65. The third-order valence-corrected chi connectivity index (χ3v) is 3.90. The standard InChI is InChI=1S/C16H23N3/c1-13-6-7-16(15(10-13)11-17)18-12-14(2)19-8-4-3-5-9-19/h6-7,10,14,18H,3-5,8-9,12H2,1-2H3. The molecule has 1 atom stereocenters. The van der Waals surface area contributed by atoms with Crippen LogP contribution in [0.15, 0.2) is 18.2 Å². The second-order valence-corrected chi connectivity index (χ2v) is 5.49. The van der Waals surface area contributed by atoms with Crippen molar-refractivity contribution in [3.63, 3.8) is 0 Å². The number of piperidine rings is 1. The predicted molar refractivity (Wildman–Crippen MR) is 79.3 cm³/mol. The van der Waals surface area contributed by atoms with Crippen LogP contribution in [-0.2, 0) is 0 Å². The van der Waals surface area contributed by atoms with E-state index >= 15 is 0 Å². The van der Waals surface area contributed by atoms with E-state index in [-0.39, 0.29) is 0 Å². The molecule has 3 nitrogen and oxygen atoms in total. The van der Waals surface area contributed by atoms with Gasteiger partial charge in [0.1, 0.15) is 6.07 Å². The minimum Gasteiger partial charge on any atom is -0.382 e. The monoisotopic (exact) mass is 257 g/mol. The van der Waals surface area contributed by atoms with Crippen molar-refractivity contribution in [1.29, 1.82) is 5.26 Å². The average molecular weight is 257 g/mol. The van der Waals surface area contributed by atoms with Crippen molar-refractivity contribution in [2.45, 2.75) is 39.2 Å². The highest BCUT2D eigenvalue weighted by Crippen LogP contribution is 2.17. The van der Waals surface area contributed by atoms with E-state index in [9.17, 15) is 0 Å². The Morgan fingerprint density at radius 2 is 2.05 bits per heavy atom. The molecule has 102 valence electrons. The molecular formula is C16H23N3. The minimum absolute atomic E-state index is 0.521. The lowest BCUT2D eigenvalue weighted by Crippen LogP contribution is -2.41. The molecule has 0 radical (unpaired) electrons. The van der Waals surface area contributed by atoms with Gasteiger partial charge >= 0.3 is 0 Å². The van der Waals surface area contributed by atoms with Crippen molar-refractivity contribution in [3.05, 3.63) is 29.3 Å². The fraction of sp³-hybridized carbons (Fsp3) is 0.562.